The number of hydrogen-bond acceptors (Lipinski definition) is 5. The maximum atomic E-state index is 12.4. The van der Waals surface area contributed by atoms with Crippen molar-refractivity contribution in [3.63, 3.8) is 0 Å². The molecule has 6 heteroatoms. The molecule has 0 aliphatic carbocycles. The van der Waals surface area contributed by atoms with E-state index in [0.717, 1.165) is 6.54 Å². The highest BCUT2D eigenvalue weighted by molar-refractivity contribution is 5.70. The van der Waals surface area contributed by atoms with Crippen LogP contribution >= 0.6 is 0 Å². The van der Waals surface area contributed by atoms with E-state index in [4.69, 9.17) is 15.2 Å². The minimum Gasteiger partial charge on any atom is -0.444 e. The first-order valence-electron chi connectivity index (χ1n) is 6.79. The van der Waals surface area contributed by atoms with Gasteiger partial charge in [0.05, 0.1) is 18.8 Å². The Morgan fingerprint density at radius 3 is 2.74 bits per heavy atom. The Morgan fingerprint density at radius 1 is 1.53 bits per heavy atom. The Labute approximate surface area is 114 Å². The Hall–Kier alpha value is -0.850. The van der Waals surface area contributed by atoms with Gasteiger partial charge < -0.3 is 15.2 Å². The van der Waals surface area contributed by atoms with Gasteiger partial charge in [-0.2, -0.15) is 0 Å². The molecule has 2 N–H and O–H groups in total. The van der Waals surface area contributed by atoms with E-state index in [1.165, 1.54) is 0 Å². The van der Waals surface area contributed by atoms with Crippen molar-refractivity contribution in [2.24, 2.45) is 5.73 Å². The summed E-state index contributed by atoms with van der Waals surface area (Å²) >= 11 is 0. The van der Waals surface area contributed by atoms with Crippen molar-refractivity contribution in [2.75, 3.05) is 39.9 Å². The molecule has 6 nitrogen and oxygen atoms in total. The fourth-order valence-electron chi connectivity index (χ4n) is 3.05. The van der Waals surface area contributed by atoms with Gasteiger partial charge in [-0.15, -0.1) is 0 Å². The Bertz CT molecular complexity index is 352. The van der Waals surface area contributed by atoms with Crippen molar-refractivity contribution >= 4 is 6.09 Å². The monoisotopic (exact) mass is 271 g/mol. The fraction of sp³-hybridized carbons (Fsp3) is 0.923. The first-order valence-corrected chi connectivity index (χ1v) is 6.79. The summed E-state index contributed by atoms with van der Waals surface area (Å²) in [6.07, 6.45) is -0.262. The number of morpholine rings is 1. The van der Waals surface area contributed by atoms with Crippen LogP contribution in [0.15, 0.2) is 0 Å². The number of likely N-dealkylation sites (N-methyl/N-ethyl adjacent to an activating group) is 1. The van der Waals surface area contributed by atoms with E-state index >= 15 is 0 Å². The van der Waals surface area contributed by atoms with Crippen molar-refractivity contribution < 1.29 is 14.3 Å². The number of amides is 1. The van der Waals surface area contributed by atoms with E-state index in [1.54, 1.807) is 0 Å². The average Bonchev–Trinajstić information content (AvgIpc) is 2.27. The molecule has 2 aliphatic heterocycles. The second-order valence-electron chi connectivity index (χ2n) is 6.45. The second-order valence-corrected chi connectivity index (χ2v) is 6.45. The first-order chi connectivity index (χ1) is 8.80. The van der Waals surface area contributed by atoms with Crippen LogP contribution in [0.4, 0.5) is 4.79 Å². The van der Waals surface area contributed by atoms with Crippen LogP contribution in [0, 0.1) is 0 Å². The molecule has 0 radical (unpaired) electrons. The van der Waals surface area contributed by atoms with Gasteiger partial charge in [-0.25, -0.2) is 4.79 Å². The van der Waals surface area contributed by atoms with Crippen molar-refractivity contribution in [1.29, 1.82) is 0 Å². The van der Waals surface area contributed by atoms with Crippen LogP contribution in [0.1, 0.15) is 20.8 Å². The Balaban J connectivity index is 2.15. The van der Waals surface area contributed by atoms with E-state index in [9.17, 15) is 4.79 Å². The molecular formula is C13H25N3O3. The second kappa shape index (κ2) is 4.92. The summed E-state index contributed by atoms with van der Waals surface area (Å²) in [5.74, 6) is 0. The third-order valence-electron chi connectivity index (χ3n) is 3.86. The maximum absolute atomic E-state index is 12.4. The molecule has 0 aromatic rings. The molecule has 0 aromatic heterocycles. The predicted octanol–water partition coefficient (Wildman–Crippen LogP) is 0.265. The van der Waals surface area contributed by atoms with Crippen LogP contribution in [-0.4, -0.2) is 73.0 Å². The third-order valence-corrected chi connectivity index (χ3v) is 3.86. The lowest BCUT2D eigenvalue weighted by Gasteiger charge is -2.61. The highest BCUT2D eigenvalue weighted by atomic mass is 16.6. The molecule has 1 spiro atoms. The van der Waals surface area contributed by atoms with Crippen LogP contribution < -0.4 is 5.73 Å². The minimum atomic E-state index is -0.482. The number of nitrogens with zero attached hydrogens (tertiary/aromatic N) is 2. The Morgan fingerprint density at radius 2 is 2.21 bits per heavy atom. The van der Waals surface area contributed by atoms with Gasteiger partial charge in [-0.1, -0.05) is 0 Å². The number of carbonyl (C=O) groups is 1. The molecule has 0 bridgehead atoms. The van der Waals surface area contributed by atoms with Crippen LogP contribution in [0.5, 0.6) is 0 Å². The van der Waals surface area contributed by atoms with Crippen molar-refractivity contribution in [1.82, 2.24) is 9.80 Å². The van der Waals surface area contributed by atoms with E-state index < -0.39 is 5.60 Å². The molecule has 2 unspecified atom stereocenters. The van der Waals surface area contributed by atoms with Gasteiger partial charge in [0.1, 0.15) is 5.60 Å². The third kappa shape index (κ3) is 2.57. The summed E-state index contributed by atoms with van der Waals surface area (Å²) in [7, 11) is 2.02. The van der Waals surface area contributed by atoms with E-state index in [-0.39, 0.29) is 17.7 Å². The molecule has 2 rings (SSSR count). The lowest BCUT2D eigenvalue weighted by Crippen LogP contribution is -2.81. The normalized spacial score (nSPS) is 32.3. The van der Waals surface area contributed by atoms with Gasteiger partial charge in [-0.3, -0.25) is 9.80 Å². The molecule has 2 atom stereocenters. The topological polar surface area (TPSA) is 68.0 Å². The zero-order valence-corrected chi connectivity index (χ0v) is 12.3. The summed E-state index contributed by atoms with van der Waals surface area (Å²) in [6, 6.07) is 0.139. The molecule has 2 heterocycles. The number of likely N-dealkylation sites (tertiary alicyclic amines) is 1. The zero-order valence-electron chi connectivity index (χ0n) is 12.3. The van der Waals surface area contributed by atoms with E-state index in [0.29, 0.717) is 26.3 Å². The van der Waals surface area contributed by atoms with Gasteiger partial charge in [0, 0.05) is 25.7 Å². The van der Waals surface area contributed by atoms with Gasteiger partial charge in [-0.05, 0) is 27.8 Å². The molecule has 110 valence electrons. The predicted molar refractivity (Wildman–Crippen MR) is 72.0 cm³/mol. The van der Waals surface area contributed by atoms with Crippen LogP contribution in [0.25, 0.3) is 0 Å². The smallest absolute Gasteiger partial charge is 0.411 e. The van der Waals surface area contributed by atoms with Crippen molar-refractivity contribution in [3.05, 3.63) is 0 Å². The number of carbonyl (C=O) groups excluding carboxylic acids is 1. The van der Waals surface area contributed by atoms with Crippen molar-refractivity contribution in [3.8, 4) is 0 Å². The summed E-state index contributed by atoms with van der Waals surface area (Å²) < 4.78 is 11.1. The highest BCUT2D eigenvalue weighted by Gasteiger charge is 2.57. The zero-order chi connectivity index (χ0) is 14.3. The van der Waals surface area contributed by atoms with E-state index in [2.05, 4.69) is 4.90 Å². The molecule has 2 aliphatic rings. The highest BCUT2D eigenvalue weighted by Crippen LogP contribution is 2.36. The van der Waals surface area contributed by atoms with Gasteiger partial charge >= 0.3 is 6.09 Å². The fourth-order valence-corrected chi connectivity index (χ4v) is 3.05. The summed E-state index contributed by atoms with van der Waals surface area (Å²) in [4.78, 5) is 16.4. The summed E-state index contributed by atoms with van der Waals surface area (Å²) in [5, 5.41) is 0. The van der Waals surface area contributed by atoms with Gasteiger partial charge in [0.2, 0.25) is 0 Å². The number of hydrogen-bond donors (Lipinski definition) is 1. The molecule has 0 saturated carbocycles. The van der Waals surface area contributed by atoms with E-state index in [1.807, 2.05) is 32.7 Å². The average molecular weight is 271 g/mol. The SMILES string of the molecule is CN1CC2(COCCN2C(=O)OC(C)(C)C)C1CN. The molecule has 2 fully saturated rings. The molecule has 19 heavy (non-hydrogen) atoms. The standard InChI is InChI=1S/C13H25N3O3/c1-12(2,3)19-11(17)16-5-6-18-9-13(16)8-15(4)10(13)7-14/h10H,5-9,14H2,1-4H3. The van der Waals surface area contributed by atoms with Crippen LogP contribution in [-0.2, 0) is 9.47 Å². The summed E-state index contributed by atoms with van der Waals surface area (Å²) in [5.41, 5.74) is 5.05. The maximum Gasteiger partial charge on any atom is 0.411 e. The molecule has 1 amide bonds. The molecule has 2 saturated heterocycles. The largest absolute Gasteiger partial charge is 0.444 e. The number of ether oxygens (including phenoxy) is 2. The summed E-state index contributed by atoms with van der Waals surface area (Å²) in [6.45, 7) is 8.61. The van der Waals surface area contributed by atoms with Crippen molar-refractivity contribution in [2.45, 2.75) is 38.0 Å². The lowest BCUT2D eigenvalue weighted by molar-refractivity contribution is -0.161. The number of rotatable bonds is 1. The lowest BCUT2D eigenvalue weighted by atomic mass is 9.78. The van der Waals surface area contributed by atoms with Crippen LogP contribution in [0.3, 0.4) is 0 Å². The van der Waals surface area contributed by atoms with Gasteiger partial charge in [0.25, 0.3) is 0 Å². The van der Waals surface area contributed by atoms with Crippen LogP contribution in [0.2, 0.25) is 0 Å². The minimum absolute atomic E-state index is 0.139. The Kier molecular flexibility index (Phi) is 3.77. The quantitative estimate of drug-likeness (QED) is 0.741. The molecule has 0 aromatic carbocycles. The number of nitrogens with two attached hydrogens (primary N) is 1. The first kappa shape index (κ1) is 14.6. The van der Waals surface area contributed by atoms with Gasteiger partial charge in [0.15, 0.2) is 0 Å². The molecular weight excluding hydrogens is 246 g/mol.